The molecule has 3 spiro atoms. The Morgan fingerprint density at radius 3 is 2.23 bits per heavy atom. The van der Waals surface area contributed by atoms with Gasteiger partial charge >= 0.3 is 5.97 Å². The minimum Gasteiger partial charge on any atom is -0.462 e. The molecule has 9 fully saturated rings. The van der Waals surface area contributed by atoms with Crippen LogP contribution in [0, 0.1) is 50.7 Å². The predicted octanol–water partition coefficient (Wildman–Crippen LogP) is 3.03. The zero-order valence-electron chi connectivity index (χ0n) is 29.5. The Morgan fingerprint density at radius 1 is 0.833 bits per heavy atom. The molecule has 11 nitrogen and oxygen atoms in total. The topological polar surface area (TPSA) is 157 Å². The Labute approximate surface area is 283 Å². The van der Waals surface area contributed by atoms with Gasteiger partial charge in [0.2, 0.25) is 5.79 Å². The molecule has 0 aromatic carbocycles. The molecule has 5 saturated carbocycles. The van der Waals surface area contributed by atoms with Gasteiger partial charge in [0.25, 0.3) is 0 Å². The fourth-order valence-electron chi connectivity index (χ4n) is 14.6. The van der Waals surface area contributed by atoms with E-state index in [0.717, 1.165) is 44.9 Å². The summed E-state index contributed by atoms with van der Waals surface area (Å²) in [5.74, 6) is 0.0295. The second-order valence-corrected chi connectivity index (χ2v) is 18.9. The van der Waals surface area contributed by atoms with Gasteiger partial charge in [-0.3, -0.25) is 4.79 Å². The fourth-order valence-corrected chi connectivity index (χ4v) is 14.6. The first kappa shape index (κ1) is 33.0. The number of epoxide rings is 1. The molecule has 11 heteroatoms. The molecule has 5 aliphatic carbocycles. The Bertz CT molecular complexity index is 1390. The van der Waals surface area contributed by atoms with Gasteiger partial charge < -0.3 is 48.8 Å². The van der Waals surface area contributed by atoms with Crippen LogP contribution in [0.15, 0.2) is 0 Å². The second kappa shape index (κ2) is 9.75. The van der Waals surface area contributed by atoms with Crippen molar-refractivity contribution in [2.45, 2.75) is 167 Å². The SMILES string of the molecule is CC(=O)O[C@@H]1C[C@@]23C[C@@]24CC[C@H](O[C@@H]2OC[C@@H](O)[C@H](O)[C@H]2O)C(C)(C)[C@@H]4CC[C@H]3[C@]2(C)C[C@@H]3O[C@]4(C[C@@H](C)[C@@H]3[C@@]12C)O[C@H](O)[C@]1(C)O[C@H]41. The molecule has 19 atom stereocenters. The molecule has 0 bridgehead atoms. The maximum absolute atomic E-state index is 12.9. The molecular weight excluding hydrogens is 620 g/mol. The summed E-state index contributed by atoms with van der Waals surface area (Å²) in [6, 6.07) is 0. The van der Waals surface area contributed by atoms with Gasteiger partial charge in [-0.25, -0.2) is 0 Å². The first-order valence-electron chi connectivity index (χ1n) is 18.6. The lowest BCUT2D eigenvalue weighted by Crippen LogP contribution is -2.64. The van der Waals surface area contributed by atoms with Crippen molar-refractivity contribution < 1.29 is 53.6 Å². The number of carbonyl (C=O) groups is 1. The number of aliphatic hydroxyl groups excluding tert-OH is 4. The van der Waals surface area contributed by atoms with Crippen LogP contribution in [-0.4, -0.2) is 99.7 Å². The molecule has 0 unspecified atom stereocenters. The van der Waals surface area contributed by atoms with Crippen molar-refractivity contribution >= 4 is 5.97 Å². The number of fused-ring (bicyclic) bond motifs is 6. The summed E-state index contributed by atoms with van der Waals surface area (Å²) in [5.41, 5.74) is -1.23. The van der Waals surface area contributed by atoms with Crippen LogP contribution in [0.1, 0.15) is 99.8 Å². The van der Waals surface area contributed by atoms with Crippen molar-refractivity contribution in [3.05, 3.63) is 0 Å². The van der Waals surface area contributed by atoms with E-state index in [1.54, 1.807) is 6.92 Å². The van der Waals surface area contributed by atoms with Crippen LogP contribution in [0.4, 0.5) is 0 Å². The van der Waals surface area contributed by atoms with Crippen molar-refractivity contribution in [2.75, 3.05) is 6.61 Å². The van der Waals surface area contributed by atoms with E-state index in [1.807, 2.05) is 6.92 Å². The predicted molar refractivity (Wildman–Crippen MR) is 168 cm³/mol. The second-order valence-electron chi connectivity index (χ2n) is 18.9. The van der Waals surface area contributed by atoms with Crippen molar-refractivity contribution in [3.63, 3.8) is 0 Å². The summed E-state index contributed by atoms with van der Waals surface area (Å²) in [7, 11) is 0. The van der Waals surface area contributed by atoms with Crippen LogP contribution in [0.5, 0.6) is 0 Å². The lowest BCUT2D eigenvalue weighted by Gasteiger charge is -2.65. The van der Waals surface area contributed by atoms with Gasteiger partial charge in [-0.05, 0) is 97.2 Å². The van der Waals surface area contributed by atoms with Gasteiger partial charge in [0, 0.05) is 18.8 Å². The van der Waals surface area contributed by atoms with Crippen molar-refractivity contribution in [3.8, 4) is 0 Å². The van der Waals surface area contributed by atoms with E-state index in [1.165, 1.54) is 0 Å². The number of hydrogen-bond donors (Lipinski definition) is 4. The van der Waals surface area contributed by atoms with Gasteiger partial charge in [-0.15, -0.1) is 0 Å². The first-order chi connectivity index (χ1) is 22.4. The van der Waals surface area contributed by atoms with E-state index >= 15 is 0 Å². The summed E-state index contributed by atoms with van der Waals surface area (Å²) < 4.78 is 37.9. The Kier molecular flexibility index (Phi) is 6.70. The molecule has 270 valence electrons. The monoisotopic (exact) mass is 676 g/mol. The van der Waals surface area contributed by atoms with E-state index in [9.17, 15) is 25.2 Å². The molecule has 4 aliphatic heterocycles. The van der Waals surface area contributed by atoms with Gasteiger partial charge in [0.05, 0.1) is 18.8 Å². The molecule has 0 radical (unpaired) electrons. The van der Waals surface area contributed by atoms with Crippen LogP contribution in [0.25, 0.3) is 0 Å². The van der Waals surface area contributed by atoms with Gasteiger partial charge in [0.1, 0.15) is 36.1 Å². The molecule has 4 N–H and O–H groups in total. The lowest BCUT2D eigenvalue weighted by molar-refractivity contribution is -0.346. The van der Waals surface area contributed by atoms with Crippen LogP contribution < -0.4 is 0 Å². The van der Waals surface area contributed by atoms with Crippen molar-refractivity contribution in [1.82, 2.24) is 0 Å². The van der Waals surface area contributed by atoms with E-state index in [4.69, 9.17) is 28.4 Å². The third-order valence-electron chi connectivity index (χ3n) is 16.8. The number of esters is 1. The zero-order valence-corrected chi connectivity index (χ0v) is 29.5. The normalized spacial score (nSPS) is 63.3. The Balaban J connectivity index is 1.03. The molecule has 9 rings (SSSR count). The average molecular weight is 677 g/mol. The van der Waals surface area contributed by atoms with Crippen molar-refractivity contribution in [1.29, 1.82) is 0 Å². The largest absolute Gasteiger partial charge is 0.462 e. The summed E-state index contributed by atoms with van der Waals surface area (Å²) >= 11 is 0. The van der Waals surface area contributed by atoms with E-state index in [0.29, 0.717) is 18.3 Å². The highest BCUT2D eigenvalue weighted by Crippen LogP contribution is 2.89. The molecular formula is C37H56O11. The molecule has 9 aliphatic rings. The highest BCUT2D eigenvalue weighted by molar-refractivity contribution is 5.66. The number of carbonyl (C=O) groups excluding carboxylic acids is 1. The molecule has 48 heavy (non-hydrogen) atoms. The average Bonchev–Trinajstić information content (AvgIpc) is 3.84. The van der Waals surface area contributed by atoms with Gasteiger partial charge in [0.15, 0.2) is 12.6 Å². The first-order valence-corrected chi connectivity index (χ1v) is 18.6. The van der Waals surface area contributed by atoms with Crippen molar-refractivity contribution in [2.24, 2.45) is 50.7 Å². The van der Waals surface area contributed by atoms with Gasteiger partial charge in [-0.2, -0.15) is 0 Å². The minimum absolute atomic E-state index is 0.0420. The van der Waals surface area contributed by atoms with E-state index in [-0.39, 0.29) is 75.9 Å². The molecule has 0 aromatic rings. The summed E-state index contributed by atoms with van der Waals surface area (Å²) in [6.45, 7) is 15.1. The third kappa shape index (κ3) is 3.74. The highest BCUT2D eigenvalue weighted by atomic mass is 16.8. The van der Waals surface area contributed by atoms with Crippen LogP contribution >= 0.6 is 0 Å². The smallest absolute Gasteiger partial charge is 0.302 e. The molecule has 4 heterocycles. The van der Waals surface area contributed by atoms with Crippen LogP contribution in [0.3, 0.4) is 0 Å². The number of aliphatic hydroxyl groups is 4. The van der Waals surface area contributed by atoms with Gasteiger partial charge in [-0.1, -0.05) is 34.6 Å². The molecule has 0 aromatic heterocycles. The van der Waals surface area contributed by atoms with Crippen LogP contribution in [0.2, 0.25) is 0 Å². The molecule has 4 saturated heterocycles. The summed E-state index contributed by atoms with van der Waals surface area (Å²) in [5, 5.41) is 41.7. The lowest BCUT2D eigenvalue weighted by atomic mass is 9.41. The maximum atomic E-state index is 12.9. The standard InChI is InChI=1S/C37H56O11/c1-17-12-37(29-34(7,47-29)30(42)48-37)46-20-13-32(5)22-9-8-21-31(3,4)23(45-28-27(41)26(40)19(39)15-43-28)10-11-35(21)16-36(22,35)14-24(44-18(2)38)33(32,6)25(17)20/h17,19-30,39-42H,8-16H2,1-7H3/t17-,19-,20+,21+,22+,23+,24-,25+,26+,27-,28+,29+,30+,32+,33-,34-,35-,36+,37-/m1/s1. The quantitative estimate of drug-likeness (QED) is 0.198. The maximum Gasteiger partial charge on any atom is 0.302 e. The fraction of sp³-hybridized carbons (Fsp3) is 0.973. The molecule has 0 amide bonds. The third-order valence-corrected chi connectivity index (χ3v) is 16.8. The zero-order chi connectivity index (χ0) is 34.2. The number of hydrogen-bond acceptors (Lipinski definition) is 11. The highest BCUT2D eigenvalue weighted by Gasteiger charge is 2.87. The van der Waals surface area contributed by atoms with E-state index < -0.39 is 42.3 Å². The van der Waals surface area contributed by atoms with Crippen LogP contribution in [-0.2, 0) is 33.2 Å². The van der Waals surface area contributed by atoms with E-state index in [2.05, 4.69) is 34.6 Å². The minimum atomic E-state index is -1.31. The summed E-state index contributed by atoms with van der Waals surface area (Å²) in [6.07, 6.45) is 0.880. The summed E-state index contributed by atoms with van der Waals surface area (Å²) in [4.78, 5) is 12.9. The number of rotatable bonds is 3. The number of ether oxygens (including phenoxy) is 6. The Hall–Kier alpha value is -0.890. The Morgan fingerprint density at radius 2 is 1.56 bits per heavy atom.